The second kappa shape index (κ2) is 10.5. The molecule has 0 aliphatic heterocycles. The average Bonchev–Trinajstić information content (AvgIpc) is 3.13. The summed E-state index contributed by atoms with van der Waals surface area (Å²) in [5, 5.41) is 26.0. The first-order valence-electron chi connectivity index (χ1n) is 9.69. The number of carboxylic acid groups (broad SMARTS) is 1. The van der Waals surface area contributed by atoms with Crippen LogP contribution in [0.25, 0.3) is 10.9 Å². The van der Waals surface area contributed by atoms with E-state index in [-0.39, 0.29) is 6.42 Å². The van der Waals surface area contributed by atoms with E-state index in [1.165, 1.54) is 13.8 Å². The van der Waals surface area contributed by atoms with Gasteiger partial charge in [0.1, 0.15) is 18.1 Å². The summed E-state index contributed by atoms with van der Waals surface area (Å²) in [7, 11) is 0. The molecule has 3 amide bonds. The Bertz CT molecular complexity index is 956. The van der Waals surface area contributed by atoms with Gasteiger partial charge in [-0.25, -0.2) is 4.79 Å². The monoisotopic (exact) mass is 433 g/mol. The Morgan fingerprint density at radius 1 is 1.00 bits per heavy atom. The fourth-order valence-corrected chi connectivity index (χ4v) is 2.89. The van der Waals surface area contributed by atoms with Crippen LogP contribution >= 0.6 is 0 Å². The molecule has 0 saturated carbocycles. The third-order valence-corrected chi connectivity index (χ3v) is 4.69. The summed E-state index contributed by atoms with van der Waals surface area (Å²) in [6, 6.07) is 2.98. The maximum Gasteiger partial charge on any atom is 0.328 e. The van der Waals surface area contributed by atoms with Gasteiger partial charge in [0, 0.05) is 23.5 Å². The van der Waals surface area contributed by atoms with Crippen LogP contribution in [0.3, 0.4) is 0 Å². The number of aromatic amines is 1. The zero-order valence-electron chi connectivity index (χ0n) is 17.2. The first kappa shape index (κ1) is 23.8. The standard InChI is InChI=1S/C20H27N5O6/c1-10(21)17(27)24-15(7-12-8-22-14-6-4-3-5-13(12)14)19(29)23-11(2)18(28)25-16(9-26)20(30)31/h3-6,8,10-11,15-16,22,26H,7,9,21H2,1-2H3,(H,23,29)(H,24,27)(H,25,28)(H,30,31). The molecule has 11 heteroatoms. The van der Waals surface area contributed by atoms with Crippen LogP contribution < -0.4 is 21.7 Å². The van der Waals surface area contributed by atoms with Gasteiger partial charge in [-0.05, 0) is 25.5 Å². The number of aromatic nitrogens is 1. The molecule has 0 aliphatic carbocycles. The van der Waals surface area contributed by atoms with Gasteiger partial charge in [-0.3, -0.25) is 14.4 Å². The van der Waals surface area contributed by atoms with Gasteiger partial charge in [0.25, 0.3) is 0 Å². The van der Waals surface area contributed by atoms with Crippen LogP contribution in [0.5, 0.6) is 0 Å². The average molecular weight is 433 g/mol. The number of hydrogen-bond acceptors (Lipinski definition) is 6. The highest BCUT2D eigenvalue weighted by Gasteiger charge is 2.28. The van der Waals surface area contributed by atoms with E-state index in [1.54, 1.807) is 6.20 Å². The molecule has 0 fully saturated rings. The van der Waals surface area contributed by atoms with Crippen LogP contribution in [0.4, 0.5) is 0 Å². The molecule has 1 aromatic carbocycles. The molecular weight excluding hydrogens is 406 g/mol. The third kappa shape index (κ3) is 6.27. The Labute approximate surface area is 178 Å². The number of fused-ring (bicyclic) bond motifs is 1. The zero-order valence-corrected chi connectivity index (χ0v) is 17.2. The lowest BCUT2D eigenvalue weighted by Crippen LogP contribution is -2.57. The van der Waals surface area contributed by atoms with Crippen LogP contribution in [0.15, 0.2) is 30.5 Å². The number of nitrogens with one attached hydrogen (secondary N) is 4. The molecule has 2 rings (SSSR count). The molecule has 4 unspecified atom stereocenters. The number of carboxylic acids is 1. The van der Waals surface area contributed by atoms with Gasteiger partial charge in [-0.1, -0.05) is 18.2 Å². The number of aliphatic carboxylic acids is 1. The van der Waals surface area contributed by atoms with E-state index in [9.17, 15) is 19.2 Å². The second-order valence-corrected chi connectivity index (χ2v) is 7.23. The van der Waals surface area contributed by atoms with Crippen LogP contribution in [0, 0.1) is 0 Å². The van der Waals surface area contributed by atoms with Gasteiger partial charge >= 0.3 is 5.97 Å². The number of aliphatic hydroxyl groups is 1. The summed E-state index contributed by atoms with van der Waals surface area (Å²) in [5.41, 5.74) is 7.25. The van der Waals surface area contributed by atoms with Gasteiger partial charge < -0.3 is 36.9 Å². The molecular formula is C20H27N5O6. The van der Waals surface area contributed by atoms with Crippen molar-refractivity contribution in [1.29, 1.82) is 0 Å². The second-order valence-electron chi connectivity index (χ2n) is 7.23. The SMILES string of the molecule is CC(N)C(=O)NC(Cc1c[nH]c2ccccc12)C(=O)NC(C)C(=O)NC(CO)C(=O)O. The molecule has 168 valence electrons. The summed E-state index contributed by atoms with van der Waals surface area (Å²) in [6.07, 6.45) is 1.87. The smallest absolute Gasteiger partial charge is 0.328 e. The van der Waals surface area contributed by atoms with E-state index in [2.05, 4.69) is 20.9 Å². The number of nitrogens with two attached hydrogens (primary N) is 1. The molecule has 2 aromatic rings. The summed E-state index contributed by atoms with van der Waals surface area (Å²) < 4.78 is 0. The molecule has 0 aliphatic rings. The molecule has 8 N–H and O–H groups in total. The highest BCUT2D eigenvalue weighted by molar-refractivity contribution is 5.94. The fourth-order valence-electron chi connectivity index (χ4n) is 2.89. The van der Waals surface area contributed by atoms with Gasteiger partial charge in [0.2, 0.25) is 17.7 Å². The number of H-pyrrole nitrogens is 1. The van der Waals surface area contributed by atoms with Crippen LogP contribution in [0.1, 0.15) is 19.4 Å². The van der Waals surface area contributed by atoms with Crippen molar-refractivity contribution in [2.45, 2.75) is 44.4 Å². The van der Waals surface area contributed by atoms with Crippen molar-refractivity contribution in [1.82, 2.24) is 20.9 Å². The number of aliphatic hydroxyl groups excluding tert-OH is 1. The van der Waals surface area contributed by atoms with Crippen molar-refractivity contribution in [3.63, 3.8) is 0 Å². The van der Waals surface area contributed by atoms with E-state index in [4.69, 9.17) is 15.9 Å². The van der Waals surface area contributed by atoms with Gasteiger partial charge in [-0.2, -0.15) is 0 Å². The lowest BCUT2D eigenvalue weighted by molar-refractivity contribution is -0.143. The highest BCUT2D eigenvalue weighted by Crippen LogP contribution is 2.19. The van der Waals surface area contributed by atoms with Crippen molar-refractivity contribution in [3.05, 3.63) is 36.0 Å². The maximum absolute atomic E-state index is 12.8. The lowest BCUT2D eigenvalue weighted by Gasteiger charge is -2.22. The van der Waals surface area contributed by atoms with Crippen LogP contribution in [0.2, 0.25) is 0 Å². The Hall–Kier alpha value is -3.44. The predicted octanol–water partition coefficient (Wildman–Crippen LogP) is -1.39. The van der Waals surface area contributed by atoms with Crippen molar-refractivity contribution in [3.8, 4) is 0 Å². The number of carbonyl (C=O) groups is 4. The summed E-state index contributed by atoms with van der Waals surface area (Å²) in [4.78, 5) is 51.2. The third-order valence-electron chi connectivity index (χ3n) is 4.69. The van der Waals surface area contributed by atoms with Crippen molar-refractivity contribution in [2.24, 2.45) is 5.73 Å². The molecule has 1 aromatic heterocycles. The van der Waals surface area contributed by atoms with E-state index in [0.29, 0.717) is 0 Å². The predicted molar refractivity (Wildman–Crippen MR) is 112 cm³/mol. The van der Waals surface area contributed by atoms with Crippen molar-refractivity contribution >= 4 is 34.6 Å². The number of benzene rings is 1. The molecule has 11 nitrogen and oxygen atoms in total. The van der Waals surface area contributed by atoms with Crippen LogP contribution in [-0.4, -0.2) is 69.7 Å². The largest absolute Gasteiger partial charge is 0.480 e. The molecule has 31 heavy (non-hydrogen) atoms. The molecule has 1 heterocycles. The van der Waals surface area contributed by atoms with Crippen molar-refractivity contribution < 1.29 is 29.4 Å². The Balaban J connectivity index is 2.15. The first-order chi connectivity index (χ1) is 14.6. The Morgan fingerprint density at radius 2 is 1.65 bits per heavy atom. The zero-order chi connectivity index (χ0) is 23.1. The van der Waals surface area contributed by atoms with E-state index in [0.717, 1.165) is 16.5 Å². The number of rotatable bonds is 10. The van der Waals surface area contributed by atoms with Crippen molar-refractivity contribution in [2.75, 3.05) is 6.61 Å². The van der Waals surface area contributed by atoms with Crippen LogP contribution in [-0.2, 0) is 25.6 Å². The molecule has 0 spiro atoms. The minimum absolute atomic E-state index is 0.136. The van der Waals surface area contributed by atoms with Gasteiger partial charge in [0.15, 0.2) is 0 Å². The minimum atomic E-state index is -1.49. The number of amides is 3. The Kier molecular flexibility index (Phi) is 8.11. The number of hydrogen-bond donors (Lipinski definition) is 7. The number of carbonyl (C=O) groups excluding carboxylic acids is 3. The fraction of sp³-hybridized carbons (Fsp3) is 0.400. The summed E-state index contributed by atoms with van der Waals surface area (Å²) in [6.45, 7) is 2.04. The summed E-state index contributed by atoms with van der Waals surface area (Å²) in [5.74, 6) is -3.38. The van der Waals surface area contributed by atoms with E-state index in [1.807, 2.05) is 24.3 Å². The highest BCUT2D eigenvalue weighted by atomic mass is 16.4. The first-order valence-corrected chi connectivity index (χ1v) is 9.69. The molecule has 0 bridgehead atoms. The quantitative estimate of drug-likeness (QED) is 0.240. The van der Waals surface area contributed by atoms with Gasteiger partial charge in [-0.15, -0.1) is 0 Å². The van der Waals surface area contributed by atoms with Gasteiger partial charge in [0.05, 0.1) is 12.6 Å². The minimum Gasteiger partial charge on any atom is -0.480 e. The topological polar surface area (TPSA) is 187 Å². The van der Waals surface area contributed by atoms with E-state index >= 15 is 0 Å². The Morgan fingerprint density at radius 3 is 2.26 bits per heavy atom. The van der Waals surface area contributed by atoms with E-state index < -0.39 is 54.5 Å². The maximum atomic E-state index is 12.8. The normalized spacial score (nSPS) is 14.8. The molecule has 0 radical (unpaired) electrons. The molecule has 4 atom stereocenters. The summed E-state index contributed by atoms with van der Waals surface area (Å²) >= 11 is 0. The number of para-hydroxylation sites is 1. The molecule has 0 saturated heterocycles. The lowest BCUT2D eigenvalue weighted by atomic mass is 10.0.